The fourth-order valence-corrected chi connectivity index (χ4v) is 4.48. The van der Waals surface area contributed by atoms with E-state index >= 15 is 0 Å². The Bertz CT molecular complexity index is 1160. The molecular formula is C24H28N8OS. The van der Waals surface area contributed by atoms with Crippen LogP contribution >= 0.6 is 11.8 Å². The highest BCUT2D eigenvalue weighted by molar-refractivity contribution is 7.99. The average Bonchev–Trinajstić information content (AvgIpc) is 3.66. The number of hydrogen-bond acceptors (Lipinski definition) is 10. The summed E-state index contributed by atoms with van der Waals surface area (Å²) in [6.45, 7) is 5.54. The molecule has 0 spiro atoms. The zero-order chi connectivity index (χ0) is 23.5. The van der Waals surface area contributed by atoms with Crippen molar-refractivity contribution in [2.24, 2.45) is 5.92 Å². The number of anilines is 3. The minimum absolute atomic E-state index is 0.288. The molecule has 10 heteroatoms. The highest BCUT2D eigenvalue weighted by Gasteiger charge is 2.29. The highest BCUT2D eigenvalue weighted by atomic mass is 32.2. The van der Waals surface area contributed by atoms with Crippen molar-refractivity contribution in [3.63, 3.8) is 0 Å². The van der Waals surface area contributed by atoms with Crippen molar-refractivity contribution in [3.05, 3.63) is 47.8 Å². The van der Waals surface area contributed by atoms with Gasteiger partial charge in [0.05, 0.1) is 0 Å². The van der Waals surface area contributed by atoms with E-state index in [1.165, 1.54) is 11.8 Å². The number of carbonyl (C=O) groups excluding carboxylic acids is 1. The molecule has 1 saturated heterocycles. The lowest BCUT2D eigenvalue weighted by Gasteiger charge is -2.32. The Hall–Kier alpha value is -3.11. The number of rotatable bonds is 8. The van der Waals surface area contributed by atoms with Crippen LogP contribution in [0.5, 0.6) is 0 Å². The number of likely N-dealkylation sites (N-methyl/N-ethyl adjacent to an activating group) is 1. The molecule has 0 atom stereocenters. The number of ketones is 1. The Balaban J connectivity index is 1.36. The van der Waals surface area contributed by atoms with Crippen molar-refractivity contribution in [1.82, 2.24) is 29.8 Å². The number of aromatic nitrogens is 5. The zero-order valence-electron chi connectivity index (χ0n) is 19.4. The van der Waals surface area contributed by atoms with Gasteiger partial charge < -0.3 is 9.80 Å². The van der Waals surface area contributed by atoms with E-state index in [1.54, 1.807) is 6.20 Å². The molecule has 1 N–H and O–H groups in total. The van der Waals surface area contributed by atoms with Crippen LogP contribution in [0, 0.1) is 12.8 Å². The fourth-order valence-electron chi connectivity index (χ4n) is 3.74. The largest absolute Gasteiger partial charge is 0.338 e. The van der Waals surface area contributed by atoms with Crippen molar-refractivity contribution in [2.75, 3.05) is 43.4 Å². The molecular weight excluding hydrogens is 448 g/mol. The van der Waals surface area contributed by atoms with Crippen molar-refractivity contribution in [1.29, 1.82) is 0 Å². The monoisotopic (exact) mass is 476 g/mol. The molecule has 1 aliphatic carbocycles. The van der Waals surface area contributed by atoms with Gasteiger partial charge in [0, 0.05) is 55.3 Å². The Kier molecular flexibility index (Phi) is 6.68. The SMILES string of the molecule is Cc1ccnc(Nc2nc(Sc3ccc(CC(=O)C4CC4)cc3)nc(N3CCN(C)CC3)n2)n1. The molecule has 0 bridgehead atoms. The van der Waals surface area contributed by atoms with Gasteiger partial charge in [-0.05, 0) is 62.3 Å². The lowest BCUT2D eigenvalue weighted by atomic mass is 10.1. The second kappa shape index (κ2) is 10.0. The number of nitrogens with one attached hydrogen (secondary N) is 1. The number of carbonyl (C=O) groups is 1. The van der Waals surface area contributed by atoms with Gasteiger partial charge in [0.2, 0.25) is 17.8 Å². The van der Waals surface area contributed by atoms with Crippen LogP contribution in [-0.2, 0) is 11.2 Å². The van der Waals surface area contributed by atoms with Crippen LogP contribution < -0.4 is 10.2 Å². The van der Waals surface area contributed by atoms with Gasteiger partial charge in [-0.15, -0.1) is 0 Å². The molecule has 2 aliphatic rings. The summed E-state index contributed by atoms with van der Waals surface area (Å²) in [6.07, 6.45) is 4.31. The van der Waals surface area contributed by atoms with Crippen LogP contribution in [0.15, 0.2) is 46.6 Å². The third kappa shape index (κ3) is 5.87. The van der Waals surface area contributed by atoms with E-state index < -0.39 is 0 Å². The maximum absolute atomic E-state index is 12.1. The number of piperazine rings is 1. The van der Waals surface area contributed by atoms with Gasteiger partial charge in [0.25, 0.3) is 0 Å². The van der Waals surface area contributed by atoms with E-state index in [2.05, 4.69) is 42.1 Å². The van der Waals surface area contributed by atoms with Crippen LogP contribution in [0.4, 0.5) is 17.8 Å². The summed E-state index contributed by atoms with van der Waals surface area (Å²) in [5, 5.41) is 3.73. The zero-order valence-corrected chi connectivity index (χ0v) is 20.3. The van der Waals surface area contributed by atoms with Crippen LogP contribution in [0.1, 0.15) is 24.1 Å². The van der Waals surface area contributed by atoms with Crippen molar-refractivity contribution < 1.29 is 4.79 Å². The molecule has 1 saturated carbocycles. The number of aryl methyl sites for hydroxylation is 1. The molecule has 0 amide bonds. The average molecular weight is 477 g/mol. The van der Waals surface area contributed by atoms with E-state index in [9.17, 15) is 4.79 Å². The molecule has 3 aromatic rings. The van der Waals surface area contributed by atoms with Crippen LogP contribution in [-0.4, -0.2) is 68.8 Å². The Labute approximate surface area is 203 Å². The van der Waals surface area contributed by atoms with Gasteiger partial charge in [-0.2, -0.15) is 15.0 Å². The Morgan fingerprint density at radius 2 is 1.76 bits per heavy atom. The second-order valence-corrected chi connectivity index (χ2v) is 9.88. The van der Waals surface area contributed by atoms with E-state index in [0.29, 0.717) is 35.2 Å². The molecule has 5 rings (SSSR count). The minimum atomic E-state index is 0.288. The van der Waals surface area contributed by atoms with Crippen LogP contribution in [0.3, 0.4) is 0 Å². The number of benzene rings is 1. The lowest BCUT2D eigenvalue weighted by Crippen LogP contribution is -2.45. The predicted octanol–water partition coefficient (Wildman–Crippen LogP) is 3.14. The lowest BCUT2D eigenvalue weighted by molar-refractivity contribution is -0.119. The van der Waals surface area contributed by atoms with Crippen molar-refractivity contribution >= 4 is 35.4 Å². The highest BCUT2D eigenvalue weighted by Crippen LogP contribution is 2.32. The van der Waals surface area contributed by atoms with Gasteiger partial charge in [-0.3, -0.25) is 10.1 Å². The summed E-state index contributed by atoms with van der Waals surface area (Å²) in [6, 6.07) is 9.93. The van der Waals surface area contributed by atoms with Crippen molar-refractivity contribution in [2.45, 2.75) is 36.2 Å². The smallest absolute Gasteiger partial charge is 0.235 e. The molecule has 0 radical (unpaired) electrons. The van der Waals surface area contributed by atoms with Gasteiger partial charge in [0.15, 0.2) is 5.16 Å². The molecule has 9 nitrogen and oxygen atoms in total. The summed E-state index contributed by atoms with van der Waals surface area (Å²) in [5.41, 5.74) is 1.91. The molecule has 2 aromatic heterocycles. The topological polar surface area (TPSA) is 100 Å². The number of hydrogen-bond donors (Lipinski definition) is 1. The molecule has 2 fully saturated rings. The van der Waals surface area contributed by atoms with E-state index in [0.717, 1.165) is 55.2 Å². The minimum Gasteiger partial charge on any atom is -0.338 e. The molecule has 3 heterocycles. The predicted molar refractivity (Wildman–Crippen MR) is 132 cm³/mol. The van der Waals surface area contributed by atoms with Gasteiger partial charge in [-0.1, -0.05) is 12.1 Å². The summed E-state index contributed by atoms with van der Waals surface area (Å²) >= 11 is 1.48. The molecule has 176 valence electrons. The summed E-state index contributed by atoms with van der Waals surface area (Å²) in [7, 11) is 2.12. The third-order valence-electron chi connectivity index (χ3n) is 5.95. The van der Waals surface area contributed by atoms with Gasteiger partial charge >= 0.3 is 0 Å². The first kappa shape index (κ1) is 22.7. The first-order valence-corrected chi connectivity index (χ1v) is 12.4. The van der Waals surface area contributed by atoms with E-state index in [1.807, 2.05) is 37.3 Å². The Morgan fingerprint density at radius 1 is 1.00 bits per heavy atom. The van der Waals surface area contributed by atoms with E-state index in [-0.39, 0.29) is 5.92 Å². The number of Topliss-reactive ketones (excluding diaryl/α,β-unsaturated/α-hetero) is 1. The summed E-state index contributed by atoms with van der Waals surface area (Å²) in [4.78, 5) is 40.3. The van der Waals surface area contributed by atoms with Gasteiger partial charge in [0.1, 0.15) is 5.78 Å². The molecule has 0 unspecified atom stereocenters. The van der Waals surface area contributed by atoms with Crippen LogP contribution in [0.25, 0.3) is 0 Å². The molecule has 1 aromatic carbocycles. The van der Waals surface area contributed by atoms with Crippen molar-refractivity contribution in [3.8, 4) is 0 Å². The first-order chi connectivity index (χ1) is 16.5. The quantitative estimate of drug-likeness (QED) is 0.522. The maximum Gasteiger partial charge on any atom is 0.235 e. The third-order valence-corrected chi connectivity index (χ3v) is 6.82. The summed E-state index contributed by atoms with van der Waals surface area (Å²) in [5.74, 6) is 2.16. The summed E-state index contributed by atoms with van der Waals surface area (Å²) < 4.78 is 0. The molecule has 34 heavy (non-hydrogen) atoms. The standard InChI is InChI=1S/C24H28N8OS/c1-16-9-10-25-21(26-16)27-22-28-23(32-13-11-31(2)12-14-32)30-24(29-22)34-19-7-3-17(4-8-19)15-20(33)18-5-6-18/h3-4,7-10,18H,5-6,11-15H2,1-2H3,(H,25,26,27,28,29,30). The normalized spacial score (nSPS) is 16.5. The van der Waals surface area contributed by atoms with E-state index in [4.69, 9.17) is 4.98 Å². The fraction of sp³-hybridized carbons (Fsp3) is 0.417. The van der Waals surface area contributed by atoms with Gasteiger partial charge in [-0.25, -0.2) is 9.97 Å². The second-order valence-electron chi connectivity index (χ2n) is 8.84. The Morgan fingerprint density at radius 3 is 2.47 bits per heavy atom. The molecule has 1 aliphatic heterocycles. The number of nitrogens with zero attached hydrogens (tertiary/aromatic N) is 7. The van der Waals surface area contributed by atoms with Crippen LogP contribution in [0.2, 0.25) is 0 Å². The first-order valence-electron chi connectivity index (χ1n) is 11.6. The maximum atomic E-state index is 12.1.